The fraction of sp³-hybridized carbons (Fsp3) is 0.364. The number of hydrogen-bond acceptors (Lipinski definition) is 6. The van der Waals surface area contributed by atoms with Gasteiger partial charge >= 0.3 is 0 Å². The maximum absolute atomic E-state index is 12.5. The van der Waals surface area contributed by atoms with Gasteiger partial charge in [0.25, 0.3) is 5.91 Å². The van der Waals surface area contributed by atoms with E-state index in [9.17, 15) is 18.0 Å². The average molecular weight is 464 g/mol. The van der Waals surface area contributed by atoms with Gasteiger partial charge in [0.1, 0.15) is 0 Å². The second-order valence-corrected chi connectivity index (χ2v) is 9.13. The third-order valence-electron chi connectivity index (χ3n) is 4.43. The Morgan fingerprint density at radius 3 is 2.34 bits per heavy atom. The fourth-order valence-electron chi connectivity index (χ4n) is 2.76. The maximum Gasteiger partial charge on any atom is 0.253 e. The summed E-state index contributed by atoms with van der Waals surface area (Å²) in [6.45, 7) is 4.36. The summed E-state index contributed by atoms with van der Waals surface area (Å²) in [5, 5.41) is 5.48. The smallest absolute Gasteiger partial charge is 0.253 e. The van der Waals surface area contributed by atoms with Crippen LogP contribution in [0.2, 0.25) is 0 Å². The van der Waals surface area contributed by atoms with Crippen molar-refractivity contribution in [1.82, 2.24) is 10.0 Å². The first kappa shape index (κ1) is 25.2. The fourth-order valence-corrected chi connectivity index (χ4v) is 3.81. The number of hydrogen-bond donors (Lipinski definition) is 3. The van der Waals surface area contributed by atoms with Gasteiger partial charge in [-0.25, -0.2) is 13.1 Å². The van der Waals surface area contributed by atoms with Crippen LogP contribution in [0.3, 0.4) is 0 Å². The lowest BCUT2D eigenvalue weighted by Gasteiger charge is -2.13. The zero-order valence-corrected chi connectivity index (χ0v) is 19.4. The third kappa shape index (κ3) is 6.96. The van der Waals surface area contributed by atoms with Crippen molar-refractivity contribution in [3.63, 3.8) is 0 Å². The van der Waals surface area contributed by atoms with Gasteiger partial charge in [-0.1, -0.05) is 26.0 Å². The van der Waals surface area contributed by atoms with Crippen LogP contribution in [0.4, 0.5) is 5.69 Å². The molecular weight excluding hydrogens is 434 g/mol. The summed E-state index contributed by atoms with van der Waals surface area (Å²) >= 11 is 0. The molecule has 2 amide bonds. The molecular formula is C22H29N3O6S. The Morgan fingerprint density at radius 2 is 1.69 bits per heavy atom. The minimum atomic E-state index is -3.85. The van der Waals surface area contributed by atoms with Crippen molar-refractivity contribution in [3.05, 3.63) is 48.0 Å². The second kappa shape index (κ2) is 11.5. The van der Waals surface area contributed by atoms with Crippen molar-refractivity contribution in [3.8, 4) is 11.5 Å². The lowest BCUT2D eigenvalue weighted by molar-refractivity contribution is -0.116. The molecule has 3 N–H and O–H groups in total. The molecule has 10 heteroatoms. The van der Waals surface area contributed by atoms with Crippen molar-refractivity contribution in [2.24, 2.45) is 5.92 Å². The van der Waals surface area contributed by atoms with Crippen LogP contribution in [-0.4, -0.2) is 47.5 Å². The number of amides is 2. The normalized spacial score (nSPS) is 11.2. The molecule has 2 aromatic rings. The van der Waals surface area contributed by atoms with Crippen LogP contribution in [0, 0.1) is 5.92 Å². The quantitative estimate of drug-likeness (QED) is 0.470. The van der Waals surface area contributed by atoms with E-state index in [1.165, 1.54) is 32.4 Å². The summed E-state index contributed by atoms with van der Waals surface area (Å²) in [6.07, 6.45) is -0.117. The van der Waals surface area contributed by atoms with Gasteiger partial charge in [0.2, 0.25) is 15.9 Å². The molecule has 0 atom stereocenters. The SMILES string of the molecule is COc1ccc(S(=O)(=O)NCCC(=O)Nc2ccccc2C(=O)NCC(C)C)cc1OC. The molecule has 0 saturated heterocycles. The molecule has 0 aliphatic carbocycles. The van der Waals surface area contributed by atoms with E-state index in [1.807, 2.05) is 13.8 Å². The lowest BCUT2D eigenvalue weighted by Crippen LogP contribution is -2.30. The largest absolute Gasteiger partial charge is 0.493 e. The van der Waals surface area contributed by atoms with E-state index < -0.39 is 15.9 Å². The highest BCUT2D eigenvalue weighted by molar-refractivity contribution is 7.89. The monoisotopic (exact) mass is 463 g/mol. The van der Waals surface area contributed by atoms with Crippen molar-refractivity contribution in [2.75, 3.05) is 32.6 Å². The van der Waals surface area contributed by atoms with Gasteiger partial charge in [-0.15, -0.1) is 0 Å². The summed E-state index contributed by atoms with van der Waals surface area (Å²) in [4.78, 5) is 24.7. The maximum atomic E-state index is 12.5. The Hall–Kier alpha value is -3.11. The van der Waals surface area contributed by atoms with Crippen molar-refractivity contribution in [1.29, 1.82) is 0 Å². The van der Waals surface area contributed by atoms with E-state index in [0.717, 1.165) is 0 Å². The summed E-state index contributed by atoms with van der Waals surface area (Å²) < 4.78 is 37.7. The summed E-state index contributed by atoms with van der Waals surface area (Å²) in [7, 11) is -0.990. The Labute approximate surface area is 188 Å². The number of anilines is 1. The first-order valence-corrected chi connectivity index (χ1v) is 11.5. The van der Waals surface area contributed by atoms with Crippen LogP contribution in [-0.2, 0) is 14.8 Å². The number of benzene rings is 2. The van der Waals surface area contributed by atoms with Crippen molar-refractivity contribution in [2.45, 2.75) is 25.2 Å². The molecule has 2 aromatic carbocycles. The highest BCUT2D eigenvalue weighted by Gasteiger charge is 2.18. The second-order valence-electron chi connectivity index (χ2n) is 7.36. The highest BCUT2D eigenvalue weighted by atomic mass is 32.2. The number of para-hydroxylation sites is 1. The molecule has 174 valence electrons. The molecule has 0 bridgehead atoms. The van der Waals surface area contributed by atoms with E-state index in [4.69, 9.17) is 9.47 Å². The average Bonchev–Trinajstić information content (AvgIpc) is 2.77. The minimum absolute atomic E-state index is 0.0114. The van der Waals surface area contributed by atoms with E-state index in [-0.39, 0.29) is 29.5 Å². The van der Waals surface area contributed by atoms with Gasteiger partial charge < -0.3 is 20.1 Å². The van der Waals surface area contributed by atoms with E-state index in [1.54, 1.807) is 24.3 Å². The van der Waals surface area contributed by atoms with E-state index in [2.05, 4.69) is 15.4 Å². The topological polar surface area (TPSA) is 123 Å². The summed E-state index contributed by atoms with van der Waals surface area (Å²) in [5.41, 5.74) is 0.703. The molecule has 32 heavy (non-hydrogen) atoms. The first-order valence-electron chi connectivity index (χ1n) is 10.1. The standard InChI is InChI=1S/C22H29N3O6S/c1-15(2)14-23-22(27)17-7-5-6-8-18(17)25-21(26)11-12-24-32(28,29)16-9-10-19(30-3)20(13-16)31-4/h5-10,13,15,24H,11-12,14H2,1-4H3,(H,23,27)(H,25,26). The summed E-state index contributed by atoms with van der Waals surface area (Å²) in [6, 6.07) is 10.9. The molecule has 0 radical (unpaired) electrons. The van der Waals surface area contributed by atoms with Gasteiger partial charge in [-0.05, 0) is 30.2 Å². The van der Waals surface area contributed by atoms with Crippen LogP contribution in [0.25, 0.3) is 0 Å². The summed E-state index contributed by atoms with van der Waals surface area (Å²) in [5.74, 6) is 0.259. The molecule has 0 heterocycles. The number of carbonyl (C=O) groups is 2. The third-order valence-corrected chi connectivity index (χ3v) is 5.88. The number of methoxy groups -OCH3 is 2. The number of sulfonamides is 1. The highest BCUT2D eigenvalue weighted by Crippen LogP contribution is 2.29. The van der Waals surface area contributed by atoms with Crippen molar-refractivity contribution < 1.29 is 27.5 Å². The molecule has 0 spiro atoms. The minimum Gasteiger partial charge on any atom is -0.493 e. The van der Waals surface area contributed by atoms with Gasteiger partial charge in [-0.2, -0.15) is 0 Å². The molecule has 0 aromatic heterocycles. The molecule has 9 nitrogen and oxygen atoms in total. The van der Waals surface area contributed by atoms with Crippen LogP contribution < -0.4 is 24.8 Å². The number of carbonyl (C=O) groups excluding carboxylic acids is 2. The molecule has 0 fully saturated rings. The van der Waals surface area contributed by atoms with Crippen LogP contribution >= 0.6 is 0 Å². The van der Waals surface area contributed by atoms with Crippen LogP contribution in [0.1, 0.15) is 30.6 Å². The van der Waals surface area contributed by atoms with E-state index >= 15 is 0 Å². The molecule has 0 unspecified atom stereocenters. The first-order chi connectivity index (χ1) is 15.2. The zero-order valence-electron chi connectivity index (χ0n) is 18.6. The molecule has 2 rings (SSSR count). The number of ether oxygens (including phenoxy) is 2. The zero-order chi connectivity index (χ0) is 23.7. The predicted molar refractivity (Wildman–Crippen MR) is 122 cm³/mol. The molecule has 0 aliphatic heterocycles. The van der Waals surface area contributed by atoms with E-state index in [0.29, 0.717) is 29.5 Å². The Morgan fingerprint density at radius 1 is 1.00 bits per heavy atom. The number of nitrogens with one attached hydrogen (secondary N) is 3. The number of rotatable bonds is 11. The predicted octanol–water partition coefficient (Wildman–Crippen LogP) is 2.40. The van der Waals surface area contributed by atoms with Crippen LogP contribution in [0.5, 0.6) is 11.5 Å². The van der Waals surface area contributed by atoms with Crippen LogP contribution in [0.15, 0.2) is 47.4 Å². The Balaban J connectivity index is 1.97. The molecule has 0 saturated carbocycles. The Kier molecular flexibility index (Phi) is 9.03. The Bertz CT molecular complexity index is 1050. The molecule has 0 aliphatic rings. The van der Waals surface area contributed by atoms with Gasteiger partial charge in [0.15, 0.2) is 11.5 Å². The van der Waals surface area contributed by atoms with Gasteiger partial charge in [0, 0.05) is 25.6 Å². The lowest BCUT2D eigenvalue weighted by atomic mass is 10.1. The van der Waals surface area contributed by atoms with Gasteiger partial charge in [0.05, 0.1) is 30.4 Å². The van der Waals surface area contributed by atoms with Crippen molar-refractivity contribution >= 4 is 27.5 Å². The van der Waals surface area contributed by atoms with Gasteiger partial charge in [-0.3, -0.25) is 9.59 Å².